The van der Waals surface area contributed by atoms with Crippen molar-refractivity contribution in [3.05, 3.63) is 22.4 Å². The Morgan fingerprint density at radius 2 is 2.37 bits per heavy atom. The minimum atomic E-state index is -0.173. The molecule has 104 valence electrons. The molecule has 1 aliphatic heterocycles. The van der Waals surface area contributed by atoms with E-state index in [1.165, 1.54) is 11.3 Å². The molecule has 0 saturated carbocycles. The minimum Gasteiger partial charge on any atom is -0.342 e. The van der Waals surface area contributed by atoms with Gasteiger partial charge in [-0.1, -0.05) is 6.07 Å². The average molecular weight is 281 g/mol. The number of likely N-dealkylation sites (tertiary alicyclic amines) is 1. The molecular formula is C13H19N3O2S. The van der Waals surface area contributed by atoms with Crippen molar-refractivity contribution in [1.82, 2.24) is 15.5 Å². The largest absolute Gasteiger partial charge is 0.342 e. The summed E-state index contributed by atoms with van der Waals surface area (Å²) in [5.41, 5.74) is 0. The maximum Gasteiger partial charge on any atom is 0.261 e. The third kappa shape index (κ3) is 3.54. The lowest BCUT2D eigenvalue weighted by Crippen LogP contribution is -2.45. The van der Waals surface area contributed by atoms with Crippen molar-refractivity contribution < 1.29 is 9.59 Å². The smallest absolute Gasteiger partial charge is 0.261 e. The molecule has 2 rings (SSSR count). The van der Waals surface area contributed by atoms with Gasteiger partial charge in [0.15, 0.2) is 0 Å². The SMILES string of the molecule is CNCC1CCCN1C(=O)CNC(=O)c1cccs1. The number of nitrogens with zero attached hydrogens (tertiary/aromatic N) is 1. The van der Waals surface area contributed by atoms with Gasteiger partial charge >= 0.3 is 0 Å². The summed E-state index contributed by atoms with van der Waals surface area (Å²) in [6.45, 7) is 1.68. The Morgan fingerprint density at radius 3 is 3.05 bits per heavy atom. The number of hydrogen-bond donors (Lipinski definition) is 2. The molecular weight excluding hydrogens is 262 g/mol. The zero-order valence-corrected chi connectivity index (χ0v) is 11.8. The Balaban J connectivity index is 1.82. The molecule has 0 bridgehead atoms. The molecule has 0 aliphatic carbocycles. The Labute approximate surface area is 117 Å². The zero-order chi connectivity index (χ0) is 13.7. The first-order valence-electron chi connectivity index (χ1n) is 6.48. The van der Waals surface area contributed by atoms with Crippen LogP contribution in [0.3, 0.4) is 0 Å². The van der Waals surface area contributed by atoms with Crippen LogP contribution in [0.25, 0.3) is 0 Å². The summed E-state index contributed by atoms with van der Waals surface area (Å²) in [7, 11) is 1.89. The highest BCUT2D eigenvalue weighted by molar-refractivity contribution is 7.12. The molecule has 1 atom stereocenters. The third-order valence-corrected chi connectivity index (χ3v) is 4.15. The van der Waals surface area contributed by atoms with Gasteiger partial charge in [-0.25, -0.2) is 0 Å². The Hall–Kier alpha value is -1.40. The second kappa shape index (κ2) is 6.68. The maximum atomic E-state index is 12.1. The Morgan fingerprint density at radius 1 is 1.53 bits per heavy atom. The fourth-order valence-corrected chi connectivity index (χ4v) is 3.00. The third-order valence-electron chi connectivity index (χ3n) is 3.28. The molecule has 0 spiro atoms. The topological polar surface area (TPSA) is 61.4 Å². The second-order valence-corrected chi connectivity index (χ2v) is 5.55. The predicted octanol–water partition coefficient (Wildman–Crippen LogP) is 0.688. The van der Waals surface area contributed by atoms with Crippen molar-refractivity contribution in [2.75, 3.05) is 26.7 Å². The number of nitrogens with one attached hydrogen (secondary N) is 2. The highest BCUT2D eigenvalue weighted by atomic mass is 32.1. The number of carbonyl (C=O) groups is 2. The lowest BCUT2D eigenvalue weighted by atomic mass is 10.2. The molecule has 1 aliphatic rings. The van der Waals surface area contributed by atoms with Gasteiger partial charge in [-0.05, 0) is 31.3 Å². The van der Waals surface area contributed by atoms with Gasteiger partial charge in [0, 0.05) is 19.1 Å². The van der Waals surface area contributed by atoms with E-state index in [0.29, 0.717) is 4.88 Å². The van der Waals surface area contributed by atoms with Crippen LogP contribution in [0.4, 0.5) is 0 Å². The van der Waals surface area contributed by atoms with Crippen molar-refractivity contribution in [2.24, 2.45) is 0 Å². The van der Waals surface area contributed by atoms with Crippen LogP contribution < -0.4 is 10.6 Å². The first-order valence-corrected chi connectivity index (χ1v) is 7.36. The standard InChI is InChI=1S/C13H19N3O2S/c1-14-8-10-4-2-6-16(10)12(17)9-15-13(18)11-5-3-7-19-11/h3,5,7,10,14H,2,4,6,8-9H2,1H3,(H,15,18). The van der Waals surface area contributed by atoms with Gasteiger partial charge in [0.2, 0.25) is 5.91 Å². The van der Waals surface area contributed by atoms with E-state index in [2.05, 4.69) is 10.6 Å². The fraction of sp³-hybridized carbons (Fsp3) is 0.538. The average Bonchev–Trinajstić information content (AvgIpc) is 3.06. The molecule has 19 heavy (non-hydrogen) atoms. The number of carbonyl (C=O) groups excluding carboxylic acids is 2. The molecule has 2 heterocycles. The van der Waals surface area contributed by atoms with Crippen LogP contribution in [0.2, 0.25) is 0 Å². The van der Waals surface area contributed by atoms with Crippen LogP contribution in [0, 0.1) is 0 Å². The first-order chi connectivity index (χ1) is 9.22. The monoisotopic (exact) mass is 281 g/mol. The molecule has 1 aromatic rings. The maximum absolute atomic E-state index is 12.1. The molecule has 6 heteroatoms. The fourth-order valence-electron chi connectivity index (χ4n) is 2.36. The van der Waals surface area contributed by atoms with Gasteiger partial charge < -0.3 is 15.5 Å². The summed E-state index contributed by atoms with van der Waals surface area (Å²) in [5, 5.41) is 7.63. The van der Waals surface area contributed by atoms with Gasteiger partial charge in [-0.15, -0.1) is 11.3 Å². The van der Waals surface area contributed by atoms with E-state index in [-0.39, 0.29) is 24.4 Å². The van der Waals surface area contributed by atoms with Gasteiger partial charge in [0.1, 0.15) is 0 Å². The van der Waals surface area contributed by atoms with Gasteiger partial charge in [0.05, 0.1) is 11.4 Å². The van der Waals surface area contributed by atoms with Crippen molar-refractivity contribution >= 4 is 23.2 Å². The number of amides is 2. The van der Waals surface area contributed by atoms with Crippen molar-refractivity contribution in [3.63, 3.8) is 0 Å². The molecule has 0 aromatic carbocycles. The normalized spacial score (nSPS) is 18.6. The first kappa shape index (κ1) is 14.0. The van der Waals surface area contributed by atoms with Crippen molar-refractivity contribution in [2.45, 2.75) is 18.9 Å². The van der Waals surface area contributed by atoms with E-state index in [4.69, 9.17) is 0 Å². The minimum absolute atomic E-state index is 0.00246. The van der Waals surface area contributed by atoms with Gasteiger partial charge in [0.25, 0.3) is 5.91 Å². The summed E-state index contributed by atoms with van der Waals surface area (Å²) in [4.78, 5) is 26.3. The summed E-state index contributed by atoms with van der Waals surface area (Å²) in [6, 6.07) is 3.84. The van der Waals surface area contributed by atoms with Crippen LogP contribution in [0.1, 0.15) is 22.5 Å². The summed E-state index contributed by atoms with van der Waals surface area (Å²) >= 11 is 1.38. The Kier molecular flexibility index (Phi) is 4.93. The van der Waals surface area contributed by atoms with Crippen LogP contribution in [-0.4, -0.2) is 49.4 Å². The van der Waals surface area contributed by atoms with E-state index >= 15 is 0 Å². The molecule has 2 N–H and O–H groups in total. The molecule has 2 amide bonds. The lowest BCUT2D eigenvalue weighted by molar-refractivity contribution is -0.130. The van der Waals surface area contributed by atoms with Crippen LogP contribution in [0.15, 0.2) is 17.5 Å². The van der Waals surface area contributed by atoms with E-state index < -0.39 is 0 Å². The quantitative estimate of drug-likeness (QED) is 0.835. The number of likely N-dealkylation sites (N-methyl/N-ethyl adjacent to an activating group) is 1. The number of rotatable bonds is 5. The molecule has 1 unspecified atom stereocenters. The van der Waals surface area contributed by atoms with E-state index in [0.717, 1.165) is 25.9 Å². The van der Waals surface area contributed by atoms with Crippen LogP contribution in [0.5, 0.6) is 0 Å². The van der Waals surface area contributed by atoms with Crippen molar-refractivity contribution in [3.8, 4) is 0 Å². The Bertz CT molecular complexity index is 433. The molecule has 1 fully saturated rings. The predicted molar refractivity (Wildman–Crippen MR) is 75.3 cm³/mol. The van der Waals surface area contributed by atoms with E-state index in [9.17, 15) is 9.59 Å². The van der Waals surface area contributed by atoms with Gasteiger partial charge in [-0.3, -0.25) is 9.59 Å². The highest BCUT2D eigenvalue weighted by Crippen LogP contribution is 2.16. The zero-order valence-electron chi connectivity index (χ0n) is 11.0. The molecule has 0 radical (unpaired) electrons. The summed E-state index contributed by atoms with van der Waals surface area (Å²) < 4.78 is 0. The highest BCUT2D eigenvalue weighted by Gasteiger charge is 2.27. The number of thiophene rings is 1. The molecule has 1 aromatic heterocycles. The summed E-state index contributed by atoms with van der Waals surface area (Å²) in [5.74, 6) is -0.171. The molecule has 1 saturated heterocycles. The van der Waals surface area contributed by atoms with E-state index in [1.807, 2.05) is 23.4 Å². The van der Waals surface area contributed by atoms with Gasteiger partial charge in [-0.2, -0.15) is 0 Å². The van der Waals surface area contributed by atoms with Crippen LogP contribution in [-0.2, 0) is 4.79 Å². The lowest BCUT2D eigenvalue weighted by Gasteiger charge is -2.24. The van der Waals surface area contributed by atoms with Crippen LogP contribution >= 0.6 is 11.3 Å². The van der Waals surface area contributed by atoms with Crippen molar-refractivity contribution in [1.29, 1.82) is 0 Å². The molecule has 5 nitrogen and oxygen atoms in total. The van der Waals surface area contributed by atoms with E-state index in [1.54, 1.807) is 6.07 Å². The number of hydrogen-bond acceptors (Lipinski definition) is 4. The second-order valence-electron chi connectivity index (χ2n) is 4.60. The summed E-state index contributed by atoms with van der Waals surface area (Å²) in [6.07, 6.45) is 2.07.